The SMILES string of the molecule is CCc1nnc(SCC(=O)O)n1-c1cc(Cl)ccc1OC. The number of thioether (sulfide) groups is 1. The first-order valence-corrected chi connectivity index (χ1v) is 7.56. The molecule has 1 aromatic heterocycles. The number of aliphatic carboxylic acids is 1. The lowest BCUT2D eigenvalue weighted by Crippen LogP contribution is -2.06. The van der Waals surface area contributed by atoms with E-state index < -0.39 is 5.97 Å². The van der Waals surface area contributed by atoms with Crippen LogP contribution in [0, 0.1) is 0 Å². The van der Waals surface area contributed by atoms with Gasteiger partial charge in [0.15, 0.2) is 5.16 Å². The van der Waals surface area contributed by atoms with Gasteiger partial charge < -0.3 is 9.84 Å². The van der Waals surface area contributed by atoms with E-state index in [-0.39, 0.29) is 5.75 Å². The van der Waals surface area contributed by atoms with Crippen molar-refractivity contribution in [1.82, 2.24) is 14.8 Å². The minimum Gasteiger partial charge on any atom is -0.495 e. The molecule has 8 heteroatoms. The minimum absolute atomic E-state index is 0.0925. The first-order chi connectivity index (χ1) is 10.1. The van der Waals surface area contributed by atoms with Gasteiger partial charge in [0.2, 0.25) is 0 Å². The molecule has 0 spiro atoms. The average Bonchev–Trinajstić information content (AvgIpc) is 2.87. The number of hydrogen-bond acceptors (Lipinski definition) is 5. The Bertz CT molecular complexity index is 660. The lowest BCUT2D eigenvalue weighted by molar-refractivity contribution is -0.133. The molecule has 21 heavy (non-hydrogen) atoms. The molecule has 0 saturated heterocycles. The molecule has 0 amide bonds. The molecule has 2 aromatic rings. The van der Waals surface area contributed by atoms with Crippen molar-refractivity contribution in [1.29, 1.82) is 0 Å². The fraction of sp³-hybridized carbons (Fsp3) is 0.308. The van der Waals surface area contributed by atoms with Crippen LogP contribution in [-0.2, 0) is 11.2 Å². The number of methoxy groups -OCH3 is 1. The number of carbonyl (C=O) groups is 1. The van der Waals surface area contributed by atoms with Crippen molar-refractivity contribution in [2.24, 2.45) is 0 Å². The fourth-order valence-corrected chi connectivity index (χ4v) is 2.68. The molecule has 0 aliphatic carbocycles. The van der Waals surface area contributed by atoms with Crippen LogP contribution < -0.4 is 4.74 Å². The summed E-state index contributed by atoms with van der Waals surface area (Å²) in [6.07, 6.45) is 0.649. The lowest BCUT2D eigenvalue weighted by atomic mass is 10.3. The van der Waals surface area contributed by atoms with Crippen LogP contribution in [0.1, 0.15) is 12.7 Å². The minimum atomic E-state index is -0.911. The van der Waals surface area contributed by atoms with E-state index in [1.54, 1.807) is 29.9 Å². The summed E-state index contributed by atoms with van der Waals surface area (Å²) in [6, 6.07) is 5.22. The van der Waals surface area contributed by atoms with Crippen LogP contribution in [0.5, 0.6) is 5.75 Å². The molecule has 1 heterocycles. The largest absolute Gasteiger partial charge is 0.495 e. The number of halogens is 1. The van der Waals surface area contributed by atoms with Crippen LogP contribution in [0.25, 0.3) is 5.69 Å². The Labute approximate surface area is 131 Å². The van der Waals surface area contributed by atoms with Gasteiger partial charge in [-0.1, -0.05) is 30.3 Å². The molecule has 0 fully saturated rings. The van der Waals surface area contributed by atoms with E-state index in [0.29, 0.717) is 33.9 Å². The maximum absolute atomic E-state index is 10.7. The highest BCUT2D eigenvalue weighted by Gasteiger charge is 2.17. The maximum Gasteiger partial charge on any atom is 0.313 e. The second-order valence-electron chi connectivity index (χ2n) is 4.09. The van der Waals surface area contributed by atoms with Crippen molar-refractivity contribution in [3.63, 3.8) is 0 Å². The van der Waals surface area contributed by atoms with Crippen molar-refractivity contribution in [2.75, 3.05) is 12.9 Å². The number of carboxylic acids is 1. The molecule has 112 valence electrons. The molecule has 6 nitrogen and oxygen atoms in total. The lowest BCUT2D eigenvalue weighted by Gasteiger charge is -2.13. The van der Waals surface area contributed by atoms with Crippen molar-refractivity contribution in [3.05, 3.63) is 29.0 Å². The van der Waals surface area contributed by atoms with Crippen LogP contribution in [0.3, 0.4) is 0 Å². The number of ether oxygens (including phenoxy) is 1. The van der Waals surface area contributed by atoms with Gasteiger partial charge in [-0.15, -0.1) is 10.2 Å². The monoisotopic (exact) mass is 327 g/mol. The second-order valence-corrected chi connectivity index (χ2v) is 5.47. The number of hydrogen-bond donors (Lipinski definition) is 1. The fourth-order valence-electron chi connectivity index (χ4n) is 1.83. The predicted molar refractivity (Wildman–Crippen MR) is 80.7 cm³/mol. The van der Waals surface area contributed by atoms with Gasteiger partial charge in [0.25, 0.3) is 0 Å². The maximum atomic E-state index is 10.7. The van der Waals surface area contributed by atoms with Gasteiger partial charge in [-0.3, -0.25) is 9.36 Å². The molecule has 0 aliphatic heterocycles. The molecule has 0 aliphatic rings. The van der Waals surface area contributed by atoms with E-state index in [1.807, 2.05) is 6.92 Å². The number of carboxylic acid groups (broad SMARTS) is 1. The highest BCUT2D eigenvalue weighted by molar-refractivity contribution is 7.99. The number of rotatable bonds is 6. The van der Waals surface area contributed by atoms with E-state index >= 15 is 0 Å². The number of aryl methyl sites for hydroxylation is 1. The Kier molecular flexibility index (Phi) is 5.08. The quantitative estimate of drug-likeness (QED) is 0.822. The highest BCUT2D eigenvalue weighted by atomic mass is 35.5. The third kappa shape index (κ3) is 3.48. The summed E-state index contributed by atoms with van der Waals surface area (Å²) >= 11 is 7.16. The summed E-state index contributed by atoms with van der Waals surface area (Å²) < 4.78 is 7.12. The van der Waals surface area contributed by atoms with Gasteiger partial charge in [0, 0.05) is 11.4 Å². The molecule has 0 bridgehead atoms. The van der Waals surface area contributed by atoms with E-state index in [2.05, 4.69) is 10.2 Å². The molecule has 0 unspecified atom stereocenters. The summed E-state index contributed by atoms with van der Waals surface area (Å²) in [7, 11) is 1.56. The predicted octanol–water partition coefficient (Wildman–Crippen LogP) is 2.67. The van der Waals surface area contributed by atoms with Crippen LogP contribution in [0.15, 0.2) is 23.4 Å². The van der Waals surface area contributed by atoms with Crippen molar-refractivity contribution < 1.29 is 14.6 Å². The summed E-state index contributed by atoms with van der Waals surface area (Å²) in [4.78, 5) is 10.7. The number of aromatic nitrogens is 3. The normalized spacial score (nSPS) is 10.6. The second kappa shape index (κ2) is 6.82. The molecule has 1 N–H and O–H groups in total. The van der Waals surface area contributed by atoms with Gasteiger partial charge in [-0.2, -0.15) is 0 Å². The summed E-state index contributed by atoms with van der Waals surface area (Å²) in [6.45, 7) is 1.95. The van der Waals surface area contributed by atoms with Crippen LogP contribution in [-0.4, -0.2) is 38.7 Å². The van der Waals surface area contributed by atoms with Gasteiger partial charge >= 0.3 is 5.97 Å². The Morgan fingerprint density at radius 1 is 1.48 bits per heavy atom. The third-order valence-corrected chi connectivity index (χ3v) is 3.87. The van der Waals surface area contributed by atoms with Crippen LogP contribution >= 0.6 is 23.4 Å². The van der Waals surface area contributed by atoms with Gasteiger partial charge in [-0.25, -0.2) is 0 Å². The number of benzene rings is 1. The molecular weight excluding hydrogens is 314 g/mol. The standard InChI is InChI=1S/C13H14ClN3O3S/c1-3-11-15-16-13(21-7-12(18)19)17(11)9-6-8(14)4-5-10(9)20-2/h4-6H,3,7H2,1-2H3,(H,18,19). The van der Waals surface area contributed by atoms with Crippen LogP contribution in [0.4, 0.5) is 0 Å². The molecule has 0 saturated carbocycles. The molecular formula is C13H14ClN3O3S. The summed E-state index contributed by atoms with van der Waals surface area (Å²) in [5.41, 5.74) is 0.694. The zero-order chi connectivity index (χ0) is 15.4. The van der Waals surface area contributed by atoms with Gasteiger partial charge in [0.1, 0.15) is 11.6 Å². The van der Waals surface area contributed by atoms with Crippen molar-refractivity contribution >= 4 is 29.3 Å². The summed E-state index contributed by atoms with van der Waals surface area (Å²) in [5, 5.41) is 18.0. The van der Waals surface area contributed by atoms with E-state index in [1.165, 1.54) is 0 Å². The Morgan fingerprint density at radius 3 is 2.86 bits per heavy atom. The zero-order valence-electron chi connectivity index (χ0n) is 11.5. The van der Waals surface area contributed by atoms with Crippen LogP contribution in [0.2, 0.25) is 5.02 Å². The first-order valence-electron chi connectivity index (χ1n) is 6.19. The number of nitrogens with zero attached hydrogens (tertiary/aromatic N) is 3. The van der Waals surface area contributed by atoms with Crippen molar-refractivity contribution in [3.8, 4) is 11.4 Å². The molecule has 0 radical (unpaired) electrons. The average molecular weight is 328 g/mol. The van der Waals surface area contributed by atoms with E-state index in [4.69, 9.17) is 21.4 Å². The zero-order valence-corrected chi connectivity index (χ0v) is 13.1. The van der Waals surface area contributed by atoms with E-state index in [0.717, 1.165) is 11.8 Å². The Balaban J connectivity index is 2.53. The Hall–Kier alpha value is -1.73. The summed E-state index contributed by atoms with van der Waals surface area (Å²) in [5.74, 6) is 0.324. The topological polar surface area (TPSA) is 77.2 Å². The highest BCUT2D eigenvalue weighted by Crippen LogP contribution is 2.31. The van der Waals surface area contributed by atoms with Crippen molar-refractivity contribution in [2.45, 2.75) is 18.5 Å². The third-order valence-electron chi connectivity index (χ3n) is 2.72. The first kappa shape index (κ1) is 15.7. The molecule has 0 atom stereocenters. The van der Waals surface area contributed by atoms with Gasteiger partial charge in [0.05, 0.1) is 18.6 Å². The van der Waals surface area contributed by atoms with E-state index in [9.17, 15) is 4.79 Å². The molecule has 1 aromatic carbocycles. The Morgan fingerprint density at radius 2 is 2.24 bits per heavy atom. The van der Waals surface area contributed by atoms with Gasteiger partial charge in [-0.05, 0) is 18.2 Å². The molecule has 2 rings (SSSR count). The smallest absolute Gasteiger partial charge is 0.313 e.